The Bertz CT molecular complexity index is 619. The molecule has 0 amide bonds. The standard InChI is InChI=1S/C16H16BrCl2NO/c1-2-7-20-10-11-3-4-12(8-14(11)17)21-13-5-6-15(18)16(19)9-13/h3-6,8-9,20H,2,7,10H2,1H3. The molecule has 0 unspecified atom stereocenters. The van der Waals surface area contributed by atoms with Crippen LogP contribution in [0.25, 0.3) is 0 Å². The van der Waals surface area contributed by atoms with Crippen LogP contribution in [-0.4, -0.2) is 6.54 Å². The van der Waals surface area contributed by atoms with E-state index in [1.165, 1.54) is 5.56 Å². The predicted molar refractivity (Wildman–Crippen MR) is 92.7 cm³/mol. The Morgan fingerprint density at radius 2 is 1.76 bits per heavy atom. The zero-order valence-electron chi connectivity index (χ0n) is 11.6. The van der Waals surface area contributed by atoms with Crippen LogP contribution in [0, 0.1) is 0 Å². The highest BCUT2D eigenvalue weighted by Gasteiger charge is 2.05. The number of hydrogen-bond donors (Lipinski definition) is 1. The van der Waals surface area contributed by atoms with Gasteiger partial charge in [0.2, 0.25) is 0 Å². The van der Waals surface area contributed by atoms with E-state index in [1.54, 1.807) is 18.2 Å². The molecule has 0 atom stereocenters. The first-order chi connectivity index (χ1) is 10.1. The largest absolute Gasteiger partial charge is 0.457 e. The van der Waals surface area contributed by atoms with Crippen LogP contribution < -0.4 is 10.1 Å². The molecule has 0 bridgehead atoms. The first kappa shape index (κ1) is 16.6. The SMILES string of the molecule is CCCNCc1ccc(Oc2ccc(Cl)c(Cl)c2)cc1Br. The Balaban J connectivity index is 2.07. The number of nitrogens with one attached hydrogen (secondary N) is 1. The van der Waals surface area contributed by atoms with E-state index < -0.39 is 0 Å². The van der Waals surface area contributed by atoms with Gasteiger partial charge in [0.25, 0.3) is 0 Å². The van der Waals surface area contributed by atoms with Crippen LogP contribution in [0.4, 0.5) is 0 Å². The van der Waals surface area contributed by atoms with Crippen molar-refractivity contribution < 1.29 is 4.74 Å². The molecule has 2 aromatic rings. The van der Waals surface area contributed by atoms with Crippen molar-refractivity contribution in [3.05, 3.63) is 56.5 Å². The minimum Gasteiger partial charge on any atom is -0.457 e. The normalized spacial score (nSPS) is 10.7. The molecule has 5 heteroatoms. The van der Waals surface area contributed by atoms with Crippen molar-refractivity contribution in [3.8, 4) is 11.5 Å². The summed E-state index contributed by atoms with van der Waals surface area (Å²) in [6, 6.07) is 11.1. The van der Waals surface area contributed by atoms with Crippen LogP contribution in [0.15, 0.2) is 40.9 Å². The fourth-order valence-electron chi connectivity index (χ4n) is 1.81. The molecule has 2 rings (SSSR count). The van der Waals surface area contributed by atoms with Crippen LogP contribution in [0.1, 0.15) is 18.9 Å². The summed E-state index contributed by atoms with van der Waals surface area (Å²) in [6.45, 7) is 3.99. The van der Waals surface area contributed by atoms with Gasteiger partial charge in [0.05, 0.1) is 10.0 Å². The molecule has 112 valence electrons. The van der Waals surface area contributed by atoms with E-state index in [1.807, 2.05) is 18.2 Å². The molecule has 21 heavy (non-hydrogen) atoms. The number of benzene rings is 2. The van der Waals surface area contributed by atoms with Crippen LogP contribution in [0.2, 0.25) is 10.0 Å². The lowest BCUT2D eigenvalue weighted by atomic mass is 10.2. The van der Waals surface area contributed by atoms with E-state index in [0.29, 0.717) is 15.8 Å². The van der Waals surface area contributed by atoms with Gasteiger partial charge >= 0.3 is 0 Å². The second-order valence-electron chi connectivity index (χ2n) is 4.61. The van der Waals surface area contributed by atoms with Gasteiger partial charge in [0.15, 0.2) is 0 Å². The highest BCUT2D eigenvalue weighted by molar-refractivity contribution is 9.10. The van der Waals surface area contributed by atoms with Gasteiger partial charge in [-0.1, -0.05) is 52.1 Å². The molecule has 0 saturated heterocycles. The number of hydrogen-bond acceptors (Lipinski definition) is 2. The van der Waals surface area contributed by atoms with E-state index in [0.717, 1.165) is 29.7 Å². The fourth-order valence-corrected chi connectivity index (χ4v) is 2.60. The second kappa shape index (κ2) is 8.04. The molecule has 0 aliphatic carbocycles. The lowest BCUT2D eigenvalue weighted by Gasteiger charge is -2.10. The molecule has 0 spiro atoms. The molecule has 0 fully saturated rings. The van der Waals surface area contributed by atoms with E-state index in [9.17, 15) is 0 Å². The Morgan fingerprint density at radius 1 is 1.05 bits per heavy atom. The van der Waals surface area contributed by atoms with Gasteiger partial charge < -0.3 is 10.1 Å². The Hall–Kier alpha value is -0.740. The smallest absolute Gasteiger partial charge is 0.129 e. The summed E-state index contributed by atoms with van der Waals surface area (Å²) < 4.78 is 6.80. The molecule has 2 nitrogen and oxygen atoms in total. The number of halogens is 3. The highest BCUT2D eigenvalue weighted by atomic mass is 79.9. The molecule has 0 heterocycles. The Morgan fingerprint density at radius 3 is 2.43 bits per heavy atom. The second-order valence-corrected chi connectivity index (χ2v) is 6.28. The lowest BCUT2D eigenvalue weighted by Crippen LogP contribution is -2.14. The summed E-state index contributed by atoms with van der Waals surface area (Å²) in [7, 11) is 0. The van der Waals surface area contributed by atoms with Crippen LogP contribution in [0.3, 0.4) is 0 Å². The molecule has 0 aliphatic heterocycles. The molecule has 0 aromatic heterocycles. The molecule has 2 aromatic carbocycles. The monoisotopic (exact) mass is 387 g/mol. The van der Waals surface area contributed by atoms with Gasteiger partial charge in [-0.15, -0.1) is 0 Å². The highest BCUT2D eigenvalue weighted by Crippen LogP contribution is 2.31. The van der Waals surface area contributed by atoms with Crippen molar-refractivity contribution in [2.24, 2.45) is 0 Å². The Labute approximate surface area is 143 Å². The quantitative estimate of drug-likeness (QED) is 0.608. The third kappa shape index (κ3) is 4.89. The number of rotatable bonds is 6. The van der Waals surface area contributed by atoms with E-state index in [4.69, 9.17) is 27.9 Å². The summed E-state index contributed by atoms with van der Waals surface area (Å²) in [5.74, 6) is 1.41. The fraction of sp³-hybridized carbons (Fsp3) is 0.250. The van der Waals surface area contributed by atoms with Crippen molar-refractivity contribution in [2.75, 3.05) is 6.54 Å². The van der Waals surface area contributed by atoms with Gasteiger partial charge in [-0.25, -0.2) is 0 Å². The van der Waals surface area contributed by atoms with Gasteiger partial charge in [-0.05, 0) is 42.8 Å². The minimum absolute atomic E-state index is 0.480. The maximum absolute atomic E-state index is 5.98. The summed E-state index contributed by atoms with van der Waals surface area (Å²) in [6.07, 6.45) is 1.12. The maximum atomic E-state index is 5.98. The van der Waals surface area contributed by atoms with Crippen molar-refractivity contribution in [2.45, 2.75) is 19.9 Å². The molecule has 0 radical (unpaired) electrons. The van der Waals surface area contributed by atoms with E-state index in [2.05, 4.69) is 28.2 Å². The maximum Gasteiger partial charge on any atom is 0.129 e. The molecule has 0 saturated carbocycles. The molecular weight excluding hydrogens is 373 g/mol. The average Bonchev–Trinajstić information content (AvgIpc) is 2.45. The first-order valence-electron chi connectivity index (χ1n) is 6.72. The average molecular weight is 389 g/mol. The predicted octanol–water partition coefficient (Wildman–Crippen LogP) is 6.05. The summed E-state index contributed by atoms with van der Waals surface area (Å²) in [5, 5.41) is 4.37. The minimum atomic E-state index is 0.480. The molecule has 0 aliphatic rings. The van der Waals surface area contributed by atoms with Gasteiger partial charge in [-0.3, -0.25) is 0 Å². The third-order valence-electron chi connectivity index (χ3n) is 2.89. The van der Waals surface area contributed by atoms with Crippen LogP contribution >= 0.6 is 39.1 Å². The summed E-state index contributed by atoms with van der Waals surface area (Å²) in [4.78, 5) is 0. The van der Waals surface area contributed by atoms with Crippen molar-refractivity contribution in [3.63, 3.8) is 0 Å². The third-order valence-corrected chi connectivity index (χ3v) is 4.37. The summed E-state index contributed by atoms with van der Waals surface area (Å²) >= 11 is 15.4. The van der Waals surface area contributed by atoms with Gasteiger partial charge in [0.1, 0.15) is 11.5 Å². The number of ether oxygens (including phenoxy) is 1. The zero-order chi connectivity index (χ0) is 15.2. The van der Waals surface area contributed by atoms with Crippen molar-refractivity contribution >= 4 is 39.1 Å². The topological polar surface area (TPSA) is 21.3 Å². The van der Waals surface area contributed by atoms with Crippen LogP contribution in [0.5, 0.6) is 11.5 Å². The zero-order valence-corrected chi connectivity index (χ0v) is 14.7. The molecule has 1 N–H and O–H groups in total. The van der Waals surface area contributed by atoms with E-state index in [-0.39, 0.29) is 0 Å². The molecular formula is C16H16BrCl2NO. The van der Waals surface area contributed by atoms with Crippen molar-refractivity contribution in [1.82, 2.24) is 5.32 Å². The van der Waals surface area contributed by atoms with Gasteiger partial charge in [0, 0.05) is 17.1 Å². The van der Waals surface area contributed by atoms with Gasteiger partial charge in [-0.2, -0.15) is 0 Å². The lowest BCUT2D eigenvalue weighted by molar-refractivity contribution is 0.482. The summed E-state index contributed by atoms with van der Waals surface area (Å²) in [5.41, 5.74) is 1.20. The van der Waals surface area contributed by atoms with Crippen molar-refractivity contribution in [1.29, 1.82) is 0 Å². The Kier molecular flexibility index (Phi) is 6.37. The first-order valence-corrected chi connectivity index (χ1v) is 8.27. The van der Waals surface area contributed by atoms with Crippen LogP contribution in [-0.2, 0) is 6.54 Å². The van der Waals surface area contributed by atoms with E-state index >= 15 is 0 Å².